The molecule has 7 nitrogen and oxygen atoms in total. The molecule has 2 aliphatic heterocycles. The zero-order chi connectivity index (χ0) is 18.5. The van der Waals surface area contributed by atoms with Gasteiger partial charge in [-0.1, -0.05) is 0 Å². The molecule has 1 aromatic rings. The van der Waals surface area contributed by atoms with Gasteiger partial charge in [-0.25, -0.2) is 4.79 Å². The molecule has 0 aromatic heterocycles. The first-order valence-electron chi connectivity index (χ1n) is 9.24. The van der Waals surface area contributed by atoms with E-state index in [0.29, 0.717) is 25.9 Å². The van der Waals surface area contributed by atoms with Crippen LogP contribution in [0.25, 0.3) is 0 Å². The van der Waals surface area contributed by atoms with Crippen molar-refractivity contribution < 1.29 is 19.4 Å². The van der Waals surface area contributed by atoms with Crippen molar-refractivity contribution in [3.05, 3.63) is 24.3 Å². The van der Waals surface area contributed by atoms with E-state index in [9.17, 15) is 14.7 Å². The van der Waals surface area contributed by atoms with Gasteiger partial charge >= 0.3 is 6.03 Å². The Morgan fingerprint density at radius 1 is 1.31 bits per heavy atom. The Hall–Kier alpha value is -2.28. The number of urea groups is 1. The fourth-order valence-electron chi connectivity index (χ4n) is 3.79. The van der Waals surface area contributed by atoms with E-state index in [2.05, 4.69) is 5.32 Å². The smallest absolute Gasteiger partial charge is 0.317 e. The van der Waals surface area contributed by atoms with E-state index >= 15 is 0 Å². The number of ether oxygens (including phenoxy) is 1. The molecule has 142 valence electrons. The normalized spacial score (nSPS) is 23.2. The Morgan fingerprint density at radius 3 is 2.77 bits per heavy atom. The summed E-state index contributed by atoms with van der Waals surface area (Å²) >= 11 is 0. The van der Waals surface area contributed by atoms with Gasteiger partial charge in [0.1, 0.15) is 5.75 Å². The minimum absolute atomic E-state index is 0.00557. The number of nitrogens with one attached hydrogen (secondary N) is 1. The van der Waals surface area contributed by atoms with Gasteiger partial charge in [0.05, 0.1) is 13.2 Å². The molecule has 7 heteroatoms. The van der Waals surface area contributed by atoms with Gasteiger partial charge in [-0.05, 0) is 49.9 Å². The number of carbonyl (C=O) groups excluding carboxylic acids is 2. The minimum atomic E-state index is -0.200. The van der Waals surface area contributed by atoms with E-state index in [-0.39, 0.29) is 30.6 Å². The molecule has 2 fully saturated rings. The van der Waals surface area contributed by atoms with Crippen LogP contribution >= 0.6 is 0 Å². The molecular weight excluding hydrogens is 334 g/mol. The molecule has 2 aliphatic rings. The maximum absolute atomic E-state index is 12.7. The van der Waals surface area contributed by atoms with Gasteiger partial charge in [-0.2, -0.15) is 0 Å². The molecule has 0 unspecified atom stereocenters. The first-order valence-corrected chi connectivity index (χ1v) is 9.24. The van der Waals surface area contributed by atoms with Gasteiger partial charge in [0.25, 0.3) is 0 Å². The SMILES string of the molecule is COc1ccc(N2C[C@@H](NC(=O)N3CCCC[C@H]3CCO)CC2=O)cc1. The largest absolute Gasteiger partial charge is 0.497 e. The number of methoxy groups -OCH3 is 1. The Balaban J connectivity index is 1.60. The number of carbonyl (C=O) groups is 2. The van der Waals surface area contributed by atoms with Gasteiger partial charge in [-0.3, -0.25) is 4.79 Å². The number of aliphatic hydroxyl groups excluding tert-OH is 1. The molecule has 2 saturated heterocycles. The number of hydrogen-bond acceptors (Lipinski definition) is 4. The van der Waals surface area contributed by atoms with E-state index in [4.69, 9.17) is 4.74 Å². The highest BCUT2D eigenvalue weighted by Crippen LogP contribution is 2.25. The van der Waals surface area contributed by atoms with Crippen LogP contribution in [0, 0.1) is 0 Å². The van der Waals surface area contributed by atoms with Crippen LogP contribution in [-0.2, 0) is 4.79 Å². The number of anilines is 1. The van der Waals surface area contributed by atoms with Gasteiger partial charge in [0.15, 0.2) is 0 Å². The molecule has 0 saturated carbocycles. The first kappa shape index (κ1) is 18.5. The Bertz CT molecular complexity index is 632. The van der Waals surface area contributed by atoms with Crippen LogP contribution in [0.1, 0.15) is 32.1 Å². The molecule has 1 aromatic carbocycles. The maximum atomic E-state index is 12.7. The summed E-state index contributed by atoms with van der Waals surface area (Å²) in [5.74, 6) is 0.747. The molecular formula is C19H27N3O4. The standard InChI is InChI=1S/C19H27N3O4/c1-26-17-7-5-16(6-8-17)22-13-14(12-18(22)24)20-19(25)21-10-3-2-4-15(21)9-11-23/h5-8,14-15,23H,2-4,9-13H2,1H3,(H,20,25)/t14-,15-/m0/s1. The van der Waals surface area contributed by atoms with E-state index in [1.54, 1.807) is 12.0 Å². The second-order valence-corrected chi connectivity index (χ2v) is 6.91. The van der Waals surface area contributed by atoms with E-state index in [0.717, 1.165) is 30.7 Å². The number of rotatable bonds is 5. The molecule has 2 atom stereocenters. The van der Waals surface area contributed by atoms with Gasteiger partial charge in [0.2, 0.25) is 5.91 Å². The number of likely N-dealkylation sites (tertiary alicyclic amines) is 1. The fraction of sp³-hybridized carbons (Fsp3) is 0.579. The quantitative estimate of drug-likeness (QED) is 0.837. The van der Waals surface area contributed by atoms with E-state index in [1.807, 2.05) is 29.2 Å². The zero-order valence-electron chi connectivity index (χ0n) is 15.2. The summed E-state index contributed by atoms with van der Waals surface area (Å²) in [6.45, 7) is 1.26. The molecule has 2 heterocycles. The highest BCUT2D eigenvalue weighted by atomic mass is 16.5. The minimum Gasteiger partial charge on any atom is -0.497 e. The highest BCUT2D eigenvalue weighted by molar-refractivity contribution is 5.96. The Kier molecular flexibility index (Phi) is 5.98. The lowest BCUT2D eigenvalue weighted by atomic mass is 10.00. The fourth-order valence-corrected chi connectivity index (χ4v) is 3.79. The van der Waals surface area contributed by atoms with Crippen molar-refractivity contribution in [3.8, 4) is 5.75 Å². The van der Waals surface area contributed by atoms with Crippen LogP contribution in [0.2, 0.25) is 0 Å². The van der Waals surface area contributed by atoms with Crippen molar-refractivity contribution >= 4 is 17.6 Å². The van der Waals surface area contributed by atoms with Crippen LogP contribution < -0.4 is 15.0 Å². The third kappa shape index (κ3) is 4.09. The third-order valence-electron chi connectivity index (χ3n) is 5.19. The zero-order valence-corrected chi connectivity index (χ0v) is 15.2. The molecule has 3 rings (SSSR count). The summed E-state index contributed by atoms with van der Waals surface area (Å²) in [6, 6.07) is 7.10. The van der Waals surface area contributed by atoms with Crippen LogP contribution in [0.15, 0.2) is 24.3 Å². The summed E-state index contributed by atoms with van der Waals surface area (Å²) in [7, 11) is 1.60. The number of nitrogens with zero attached hydrogens (tertiary/aromatic N) is 2. The Morgan fingerprint density at radius 2 is 2.08 bits per heavy atom. The maximum Gasteiger partial charge on any atom is 0.317 e. The van der Waals surface area contributed by atoms with E-state index < -0.39 is 0 Å². The summed E-state index contributed by atoms with van der Waals surface area (Å²) in [6.07, 6.45) is 3.90. The van der Waals surface area contributed by atoms with Gasteiger partial charge in [-0.15, -0.1) is 0 Å². The number of hydrogen-bond donors (Lipinski definition) is 2. The molecule has 0 radical (unpaired) electrons. The number of aliphatic hydroxyl groups is 1. The van der Waals surface area contributed by atoms with E-state index in [1.165, 1.54) is 0 Å². The van der Waals surface area contributed by atoms with Crippen LogP contribution in [-0.4, -0.2) is 60.8 Å². The lowest BCUT2D eigenvalue weighted by Gasteiger charge is -2.36. The van der Waals surface area contributed by atoms with Crippen LogP contribution in [0.4, 0.5) is 10.5 Å². The molecule has 0 bridgehead atoms. The average molecular weight is 361 g/mol. The van der Waals surface area contributed by atoms with Crippen molar-refractivity contribution in [2.24, 2.45) is 0 Å². The predicted octanol–water partition coefficient (Wildman–Crippen LogP) is 1.75. The topological polar surface area (TPSA) is 82.1 Å². The van der Waals surface area contributed by atoms with Crippen LogP contribution in [0.3, 0.4) is 0 Å². The van der Waals surface area contributed by atoms with Crippen LogP contribution in [0.5, 0.6) is 5.75 Å². The Labute approximate surface area is 153 Å². The molecule has 3 amide bonds. The molecule has 0 aliphatic carbocycles. The molecule has 0 spiro atoms. The highest BCUT2D eigenvalue weighted by Gasteiger charge is 2.34. The summed E-state index contributed by atoms with van der Waals surface area (Å²) in [4.78, 5) is 28.5. The van der Waals surface area contributed by atoms with Crippen molar-refractivity contribution in [1.29, 1.82) is 0 Å². The monoisotopic (exact) mass is 361 g/mol. The van der Waals surface area contributed by atoms with Gasteiger partial charge < -0.3 is 25.0 Å². The predicted molar refractivity (Wildman–Crippen MR) is 98.3 cm³/mol. The van der Waals surface area contributed by atoms with Gasteiger partial charge in [0, 0.05) is 37.8 Å². The van der Waals surface area contributed by atoms with Crippen molar-refractivity contribution in [1.82, 2.24) is 10.2 Å². The van der Waals surface area contributed by atoms with Crippen molar-refractivity contribution in [2.75, 3.05) is 31.7 Å². The molecule has 26 heavy (non-hydrogen) atoms. The van der Waals surface area contributed by atoms with Crippen molar-refractivity contribution in [2.45, 2.75) is 44.2 Å². The first-order chi connectivity index (χ1) is 12.6. The lowest BCUT2D eigenvalue weighted by Crippen LogP contribution is -2.52. The summed E-state index contributed by atoms with van der Waals surface area (Å²) < 4.78 is 5.15. The number of piperidine rings is 1. The average Bonchev–Trinajstić information content (AvgIpc) is 3.02. The summed E-state index contributed by atoms with van der Waals surface area (Å²) in [5, 5.41) is 12.2. The summed E-state index contributed by atoms with van der Waals surface area (Å²) in [5.41, 5.74) is 0.809. The second kappa shape index (κ2) is 8.40. The second-order valence-electron chi connectivity index (χ2n) is 6.91. The third-order valence-corrected chi connectivity index (χ3v) is 5.19. The van der Waals surface area contributed by atoms with Crippen molar-refractivity contribution in [3.63, 3.8) is 0 Å². The lowest BCUT2D eigenvalue weighted by molar-refractivity contribution is -0.117. The number of benzene rings is 1. The molecule has 2 N–H and O–H groups in total. The number of amides is 3.